The number of aromatic nitrogens is 3. The van der Waals surface area contributed by atoms with Gasteiger partial charge in [-0.2, -0.15) is 9.97 Å². The molecule has 4 aromatic rings. The lowest BCUT2D eigenvalue weighted by molar-refractivity contribution is 0.0949. The molecular formula is C24H24ClN7O2S. The van der Waals surface area contributed by atoms with Crippen LogP contribution >= 0.6 is 22.9 Å². The summed E-state index contributed by atoms with van der Waals surface area (Å²) in [5, 5.41) is 12.0. The molecule has 1 unspecified atom stereocenters. The van der Waals surface area contributed by atoms with E-state index in [2.05, 4.69) is 37.9 Å². The van der Waals surface area contributed by atoms with E-state index in [0.29, 0.717) is 28.2 Å². The second-order valence-corrected chi connectivity index (χ2v) is 10.5. The summed E-state index contributed by atoms with van der Waals surface area (Å²) in [6.45, 7) is 4.48. The number of pyridine rings is 1. The van der Waals surface area contributed by atoms with Gasteiger partial charge in [-0.15, -0.1) is 11.3 Å². The molecule has 0 spiro atoms. The molecule has 5 heterocycles. The molecule has 1 saturated heterocycles. The fourth-order valence-corrected chi connectivity index (χ4v) is 5.85. The second kappa shape index (κ2) is 8.78. The molecule has 0 aliphatic carbocycles. The number of halogens is 1. The van der Waals surface area contributed by atoms with E-state index in [-0.39, 0.29) is 24.1 Å². The number of amides is 1. The highest BCUT2D eigenvalue weighted by Crippen LogP contribution is 2.41. The van der Waals surface area contributed by atoms with Gasteiger partial charge in [0.2, 0.25) is 0 Å². The third-order valence-electron chi connectivity index (χ3n) is 6.24. The quantitative estimate of drug-likeness (QED) is 0.350. The van der Waals surface area contributed by atoms with E-state index in [1.54, 1.807) is 6.07 Å². The average molecular weight is 510 g/mol. The Morgan fingerprint density at radius 3 is 2.91 bits per heavy atom. The van der Waals surface area contributed by atoms with Crippen LogP contribution in [0.25, 0.3) is 21.0 Å². The molecule has 3 N–H and O–H groups in total. The van der Waals surface area contributed by atoms with Crippen molar-refractivity contribution >= 4 is 67.2 Å². The molecule has 6 rings (SSSR count). The molecule has 11 heteroatoms. The normalized spacial score (nSPS) is 20.4. The Kier molecular flexibility index (Phi) is 5.58. The third kappa shape index (κ3) is 4.33. The van der Waals surface area contributed by atoms with E-state index in [9.17, 15) is 4.79 Å². The number of likely N-dealkylation sites (N-methyl/N-ethyl adjacent to an activating group) is 1. The van der Waals surface area contributed by atoms with E-state index < -0.39 is 0 Å². The minimum Gasteiger partial charge on any atom is -0.459 e. The zero-order chi connectivity index (χ0) is 24.1. The van der Waals surface area contributed by atoms with Crippen LogP contribution in [0, 0.1) is 0 Å². The SMILES string of the molecule is CC1CNc2c(sc3ccc4nc(Nc5cc(Cl)nc(O[C@@H]6CCN(C)C6)n5)ccc4c23)C(=O)N1. The van der Waals surface area contributed by atoms with Crippen molar-refractivity contribution in [2.45, 2.75) is 25.5 Å². The number of anilines is 3. The van der Waals surface area contributed by atoms with Crippen molar-refractivity contribution in [2.24, 2.45) is 0 Å². The topological polar surface area (TPSA) is 104 Å². The summed E-state index contributed by atoms with van der Waals surface area (Å²) >= 11 is 7.74. The summed E-state index contributed by atoms with van der Waals surface area (Å²) in [5.41, 5.74) is 1.69. The summed E-state index contributed by atoms with van der Waals surface area (Å²) in [6.07, 6.45) is 0.976. The van der Waals surface area contributed by atoms with Gasteiger partial charge in [-0.05, 0) is 44.7 Å². The van der Waals surface area contributed by atoms with Gasteiger partial charge in [0, 0.05) is 47.2 Å². The fraction of sp³-hybridized carbons (Fsp3) is 0.333. The predicted octanol–water partition coefficient (Wildman–Crippen LogP) is 4.26. The Morgan fingerprint density at radius 2 is 2.09 bits per heavy atom. The number of nitrogens with zero attached hydrogens (tertiary/aromatic N) is 4. The molecule has 3 aromatic heterocycles. The van der Waals surface area contributed by atoms with E-state index in [1.165, 1.54) is 11.3 Å². The zero-order valence-corrected chi connectivity index (χ0v) is 20.8. The van der Waals surface area contributed by atoms with Crippen LogP contribution < -0.4 is 20.7 Å². The van der Waals surface area contributed by atoms with E-state index in [1.807, 2.05) is 31.2 Å². The number of nitrogens with one attached hydrogen (secondary N) is 3. The highest BCUT2D eigenvalue weighted by molar-refractivity contribution is 7.21. The van der Waals surface area contributed by atoms with E-state index in [0.717, 1.165) is 46.2 Å². The van der Waals surface area contributed by atoms with Crippen LogP contribution in [0.5, 0.6) is 6.01 Å². The summed E-state index contributed by atoms with van der Waals surface area (Å²) in [4.78, 5) is 29.1. The first-order valence-electron chi connectivity index (χ1n) is 11.5. The molecule has 180 valence electrons. The van der Waals surface area contributed by atoms with Gasteiger partial charge < -0.3 is 25.6 Å². The van der Waals surface area contributed by atoms with Crippen molar-refractivity contribution in [3.8, 4) is 6.01 Å². The van der Waals surface area contributed by atoms with Crippen LogP contribution in [-0.2, 0) is 0 Å². The van der Waals surface area contributed by atoms with Crippen LogP contribution in [0.4, 0.5) is 17.3 Å². The van der Waals surface area contributed by atoms with Gasteiger partial charge in [0.25, 0.3) is 5.91 Å². The van der Waals surface area contributed by atoms with E-state index >= 15 is 0 Å². The maximum atomic E-state index is 12.7. The van der Waals surface area contributed by atoms with Crippen molar-refractivity contribution in [2.75, 3.05) is 37.3 Å². The van der Waals surface area contributed by atoms with E-state index in [4.69, 9.17) is 21.3 Å². The lowest BCUT2D eigenvalue weighted by Gasteiger charge is -2.13. The number of carbonyl (C=O) groups excluding carboxylic acids is 1. The first-order valence-corrected chi connectivity index (χ1v) is 12.7. The van der Waals surface area contributed by atoms with Gasteiger partial charge in [0.15, 0.2) is 0 Å². The second-order valence-electron chi connectivity index (χ2n) is 9.04. The van der Waals surface area contributed by atoms with Gasteiger partial charge in [0.1, 0.15) is 27.8 Å². The Labute approximate surface area is 210 Å². The van der Waals surface area contributed by atoms with Crippen LogP contribution in [0.1, 0.15) is 23.0 Å². The Balaban J connectivity index is 1.31. The zero-order valence-electron chi connectivity index (χ0n) is 19.3. The van der Waals surface area contributed by atoms with Crippen molar-refractivity contribution in [3.05, 3.63) is 40.4 Å². The summed E-state index contributed by atoms with van der Waals surface area (Å²) in [6, 6.07) is 9.85. The Hall–Kier alpha value is -3.21. The molecule has 1 aromatic carbocycles. The minimum absolute atomic E-state index is 0.0407. The van der Waals surface area contributed by atoms with Crippen LogP contribution in [-0.4, -0.2) is 64.6 Å². The number of fused-ring (bicyclic) bond motifs is 5. The standard InChI is InChI=1S/C24H24ClN7O2S/c1-12-10-26-21-20-14-3-6-18(28-15(14)4-5-16(20)35-22(21)23(33)27-12)30-19-9-17(25)29-24(31-19)34-13-7-8-32(2)11-13/h3-6,9,12-13,26H,7-8,10-11H2,1-2H3,(H,27,33)(H,28,29,30,31)/t12?,13-/m1/s1. The number of rotatable bonds is 4. The Morgan fingerprint density at radius 1 is 1.20 bits per heavy atom. The fourth-order valence-electron chi connectivity index (χ4n) is 4.58. The number of ether oxygens (including phenoxy) is 1. The molecule has 35 heavy (non-hydrogen) atoms. The first kappa shape index (κ1) is 22.3. The molecular weight excluding hydrogens is 486 g/mol. The maximum Gasteiger partial charge on any atom is 0.320 e. The summed E-state index contributed by atoms with van der Waals surface area (Å²) in [7, 11) is 2.06. The smallest absolute Gasteiger partial charge is 0.320 e. The monoisotopic (exact) mass is 509 g/mol. The number of likely N-dealkylation sites (tertiary alicyclic amines) is 1. The van der Waals surface area contributed by atoms with Gasteiger partial charge in [-0.1, -0.05) is 11.6 Å². The molecule has 2 atom stereocenters. The van der Waals surface area contributed by atoms with Gasteiger partial charge in [0.05, 0.1) is 11.2 Å². The number of hydrogen-bond donors (Lipinski definition) is 3. The summed E-state index contributed by atoms with van der Waals surface area (Å²) < 4.78 is 6.99. The van der Waals surface area contributed by atoms with Crippen molar-refractivity contribution in [1.82, 2.24) is 25.2 Å². The van der Waals surface area contributed by atoms with Crippen molar-refractivity contribution < 1.29 is 9.53 Å². The largest absolute Gasteiger partial charge is 0.459 e. The first-order chi connectivity index (χ1) is 16.9. The molecule has 0 bridgehead atoms. The highest BCUT2D eigenvalue weighted by Gasteiger charge is 2.25. The van der Waals surface area contributed by atoms with Crippen LogP contribution in [0.3, 0.4) is 0 Å². The van der Waals surface area contributed by atoms with Crippen LogP contribution in [0.2, 0.25) is 5.15 Å². The number of benzene rings is 1. The molecule has 0 radical (unpaired) electrons. The molecule has 2 aliphatic rings. The van der Waals surface area contributed by atoms with Crippen molar-refractivity contribution in [1.29, 1.82) is 0 Å². The van der Waals surface area contributed by atoms with Gasteiger partial charge in [-0.3, -0.25) is 4.79 Å². The molecule has 2 aliphatic heterocycles. The number of carbonyl (C=O) groups is 1. The average Bonchev–Trinajstić information content (AvgIpc) is 3.36. The lowest BCUT2D eigenvalue weighted by atomic mass is 10.1. The molecule has 9 nitrogen and oxygen atoms in total. The molecule has 0 saturated carbocycles. The third-order valence-corrected chi connectivity index (χ3v) is 7.59. The maximum absolute atomic E-state index is 12.7. The lowest BCUT2D eigenvalue weighted by Crippen LogP contribution is -2.34. The highest BCUT2D eigenvalue weighted by atomic mass is 35.5. The molecule has 1 amide bonds. The number of thiophene rings is 1. The number of hydrogen-bond acceptors (Lipinski definition) is 9. The minimum atomic E-state index is -0.0407. The van der Waals surface area contributed by atoms with Gasteiger partial charge >= 0.3 is 6.01 Å². The summed E-state index contributed by atoms with van der Waals surface area (Å²) in [5.74, 6) is 1.09. The van der Waals surface area contributed by atoms with Crippen LogP contribution in [0.15, 0.2) is 30.3 Å². The van der Waals surface area contributed by atoms with Gasteiger partial charge in [-0.25, -0.2) is 4.98 Å². The predicted molar refractivity (Wildman–Crippen MR) is 139 cm³/mol. The molecule has 1 fully saturated rings. The van der Waals surface area contributed by atoms with Crippen molar-refractivity contribution in [3.63, 3.8) is 0 Å². The Bertz CT molecular complexity index is 1460.